The fourth-order valence-electron chi connectivity index (χ4n) is 9.85. The minimum atomic E-state index is -0.207. The van der Waals surface area contributed by atoms with E-state index in [1.807, 2.05) is 0 Å². The minimum absolute atomic E-state index is 0.207. The van der Waals surface area contributed by atoms with Gasteiger partial charge in [0.1, 0.15) is 0 Å². The van der Waals surface area contributed by atoms with Crippen LogP contribution in [0.1, 0.15) is 23.7 Å². The molecule has 3 aromatic heterocycles. The molecule has 11 aromatic rings. The van der Waals surface area contributed by atoms with Crippen LogP contribution in [-0.4, -0.2) is 13.7 Å². The Bertz CT molecular complexity index is 3420. The molecule has 0 spiro atoms. The fraction of sp³-hybridized carbons (Fsp3) is 0.0545. The number of hydrogen-bond donors (Lipinski definition) is 0. The third-order valence-electron chi connectivity index (χ3n) is 12.6. The second-order valence-corrected chi connectivity index (χ2v) is 16.0. The Hall–Kier alpha value is -7.36. The Labute approximate surface area is 337 Å². The molecule has 0 saturated carbocycles. The molecule has 8 aromatic carbocycles. The molecule has 1 aliphatic rings. The van der Waals surface area contributed by atoms with Gasteiger partial charge in [-0.2, -0.15) is 0 Å². The molecule has 3 heteroatoms. The van der Waals surface area contributed by atoms with Crippen molar-refractivity contribution < 1.29 is 0 Å². The summed E-state index contributed by atoms with van der Waals surface area (Å²) in [5.41, 5.74) is 15.9. The summed E-state index contributed by atoms with van der Waals surface area (Å²) in [6.45, 7) is 2.41. The summed E-state index contributed by atoms with van der Waals surface area (Å²) >= 11 is 0. The number of hydrogen-bond acceptors (Lipinski definition) is 0. The Kier molecular flexibility index (Phi) is 7.12. The topological polar surface area (TPSA) is 14.8 Å². The number of allylic oxidation sites excluding steroid dienone is 1. The van der Waals surface area contributed by atoms with E-state index in [0.29, 0.717) is 0 Å². The van der Waals surface area contributed by atoms with Crippen molar-refractivity contribution in [1.82, 2.24) is 13.7 Å². The van der Waals surface area contributed by atoms with Crippen LogP contribution in [0.3, 0.4) is 0 Å². The van der Waals surface area contributed by atoms with Crippen molar-refractivity contribution in [1.29, 1.82) is 0 Å². The molecule has 12 rings (SSSR count). The van der Waals surface area contributed by atoms with E-state index in [-0.39, 0.29) is 5.41 Å². The van der Waals surface area contributed by atoms with E-state index in [9.17, 15) is 0 Å². The summed E-state index contributed by atoms with van der Waals surface area (Å²) in [5.74, 6) is 0. The molecule has 0 N–H and O–H groups in total. The fourth-order valence-corrected chi connectivity index (χ4v) is 9.85. The maximum atomic E-state index is 2.46. The zero-order chi connectivity index (χ0) is 38.4. The number of benzene rings is 8. The first-order valence-corrected chi connectivity index (χ1v) is 20.2. The molecule has 0 radical (unpaired) electrons. The summed E-state index contributed by atoms with van der Waals surface area (Å²) in [6, 6.07) is 71.1. The van der Waals surface area contributed by atoms with Crippen LogP contribution >= 0.6 is 0 Å². The quantitative estimate of drug-likeness (QED) is 0.167. The predicted octanol–water partition coefficient (Wildman–Crippen LogP) is 14.0. The predicted molar refractivity (Wildman–Crippen MR) is 244 cm³/mol. The normalized spacial score (nSPS) is 15.3. The van der Waals surface area contributed by atoms with Gasteiger partial charge in [-0.3, -0.25) is 0 Å². The molecule has 0 amide bonds. The maximum absolute atomic E-state index is 2.46. The molecule has 0 aliphatic heterocycles. The average Bonchev–Trinajstić information content (AvgIpc) is 3.92. The van der Waals surface area contributed by atoms with E-state index in [0.717, 1.165) is 6.42 Å². The van der Waals surface area contributed by atoms with Gasteiger partial charge in [0.15, 0.2) is 0 Å². The van der Waals surface area contributed by atoms with Crippen LogP contribution in [0, 0.1) is 0 Å². The second-order valence-electron chi connectivity index (χ2n) is 16.0. The molecule has 3 nitrogen and oxygen atoms in total. The van der Waals surface area contributed by atoms with Crippen molar-refractivity contribution in [3.63, 3.8) is 0 Å². The molecule has 58 heavy (non-hydrogen) atoms. The molecule has 3 heterocycles. The minimum Gasteiger partial charge on any atom is -0.310 e. The lowest BCUT2D eigenvalue weighted by Gasteiger charge is -2.30. The van der Waals surface area contributed by atoms with E-state index in [2.05, 4.69) is 227 Å². The Morgan fingerprint density at radius 3 is 1.38 bits per heavy atom. The van der Waals surface area contributed by atoms with Gasteiger partial charge in [-0.05, 0) is 120 Å². The van der Waals surface area contributed by atoms with Crippen LogP contribution in [0.25, 0.3) is 88.8 Å². The SMILES string of the molecule is CC1(c2ccc3c(c2)c2ccccc2n3-c2ccccc2)C=Cc2c(c3cc(-c4ccc5c(c4)c4ccccc4n5-c4ccccc4)ccc3n2-c2ccccc2)C1. The molecule has 1 atom stereocenters. The highest BCUT2D eigenvalue weighted by atomic mass is 15.0. The first-order valence-electron chi connectivity index (χ1n) is 20.2. The summed E-state index contributed by atoms with van der Waals surface area (Å²) in [4.78, 5) is 0. The highest BCUT2D eigenvalue weighted by molar-refractivity contribution is 6.11. The van der Waals surface area contributed by atoms with Gasteiger partial charge in [0, 0.05) is 55.1 Å². The van der Waals surface area contributed by atoms with E-state index in [1.54, 1.807) is 0 Å². The van der Waals surface area contributed by atoms with Gasteiger partial charge in [-0.1, -0.05) is 122 Å². The van der Waals surface area contributed by atoms with Crippen LogP contribution in [0.5, 0.6) is 0 Å². The number of fused-ring (bicyclic) bond motifs is 9. The smallest absolute Gasteiger partial charge is 0.0541 e. The van der Waals surface area contributed by atoms with Gasteiger partial charge >= 0.3 is 0 Å². The summed E-state index contributed by atoms with van der Waals surface area (Å²) < 4.78 is 7.24. The third kappa shape index (κ3) is 4.86. The van der Waals surface area contributed by atoms with Crippen molar-refractivity contribution in [2.24, 2.45) is 0 Å². The van der Waals surface area contributed by atoms with Gasteiger partial charge in [-0.15, -0.1) is 0 Å². The summed E-state index contributed by atoms with van der Waals surface area (Å²) in [5, 5.41) is 6.40. The first kappa shape index (κ1) is 32.8. The van der Waals surface area contributed by atoms with Gasteiger partial charge in [0.25, 0.3) is 0 Å². The lowest BCUT2D eigenvalue weighted by molar-refractivity contribution is 0.589. The van der Waals surface area contributed by atoms with Crippen molar-refractivity contribution in [3.8, 4) is 28.2 Å². The highest BCUT2D eigenvalue weighted by Crippen LogP contribution is 2.45. The van der Waals surface area contributed by atoms with Gasteiger partial charge in [0.05, 0.1) is 27.6 Å². The van der Waals surface area contributed by atoms with Crippen LogP contribution in [-0.2, 0) is 11.8 Å². The molecule has 1 unspecified atom stereocenters. The van der Waals surface area contributed by atoms with E-state index in [1.165, 1.54) is 99.5 Å². The van der Waals surface area contributed by atoms with Crippen molar-refractivity contribution in [3.05, 3.63) is 217 Å². The monoisotopic (exact) mass is 741 g/mol. The van der Waals surface area contributed by atoms with Crippen molar-refractivity contribution in [2.75, 3.05) is 0 Å². The third-order valence-corrected chi connectivity index (χ3v) is 12.6. The molecular weight excluding hydrogens is 703 g/mol. The Morgan fingerprint density at radius 2 is 0.810 bits per heavy atom. The van der Waals surface area contributed by atoms with Crippen molar-refractivity contribution >= 4 is 60.6 Å². The molecule has 0 fully saturated rings. The number of nitrogens with zero attached hydrogens (tertiary/aromatic N) is 3. The lowest BCUT2D eigenvalue weighted by Crippen LogP contribution is -2.25. The second kappa shape index (κ2) is 12.6. The molecule has 274 valence electrons. The molecular formula is C55H39N3. The van der Waals surface area contributed by atoms with Gasteiger partial charge in [-0.25, -0.2) is 0 Å². The molecule has 0 bridgehead atoms. The van der Waals surface area contributed by atoms with E-state index in [4.69, 9.17) is 0 Å². The zero-order valence-electron chi connectivity index (χ0n) is 32.2. The number of para-hydroxylation sites is 5. The summed E-state index contributed by atoms with van der Waals surface area (Å²) in [7, 11) is 0. The summed E-state index contributed by atoms with van der Waals surface area (Å²) in [6.07, 6.45) is 5.72. The van der Waals surface area contributed by atoms with Crippen LogP contribution < -0.4 is 0 Å². The Morgan fingerprint density at radius 1 is 0.379 bits per heavy atom. The van der Waals surface area contributed by atoms with Crippen molar-refractivity contribution in [2.45, 2.75) is 18.8 Å². The number of aromatic nitrogens is 3. The highest BCUT2D eigenvalue weighted by Gasteiger charge is 2.32. The standard InChI is InChI=1S/C55H39N3/c1-55(39-27-30-53-47(35-39)44-22-12-14-24-50(44)57(53)41-17-7-3-8-18-41)32-31-54-48(36-55)46-34-38(26-29-52(46)58(54)42-19-9-4-10-20-42)37-25-28-51-45(33-37)43-21-11-13-23-49(43)56(51)40-15-5-2-6-16-40/h2-35H,36H2,1H3. The van der Waals surface area contributed by atoms with Gasteiger partial charge < -0.3 is 13.7 Å². The maximum Gasteiger partial charge on any atom is 0.0541 e. The zero-order valence-corrected chi connectivity index (χ0v) is 32.2. The first-order chi connectivity index (χ1) is 28.6. The lowest BCUT2D eigenvalue weighted by atomic mass is 9.73. The number of rotatable bonds is 5. The largest absolute Gasteiger partial charge is 0.310 e. The molecule has 0 saturated heterocycles. The van der Waals surface area contributed by atoms with Crippen LogP contribution in [0.15, 0.2) is 200 Å². The van der Waals surface area contributed by atoms with E-state index < -0.39 is 0 Å². The van der Waals surface area contributed by atoms with E-state index >= 15 is 0 Å². The van der Waals surface area contributed by atoms with Crippen LogP contribution in [0.2, 0.25) is 0 Å². The van der Waals surface area contributed by atoms with Crippen LogP contribution in [0.4, 0.5) is 0 Å². The Balaban J connectivity index is 1.02. The molecule has 1 aliphatic carbocycles. The van der Waals surface area contributed by atoms with Gasteiger partial charge in [0.2, 0.25) is 0 Å². The average molecular weight is 742 g/mol.